The van der Waals surface area contributed by atoms with Gasteiger partial charge >= 0.3 is 13.7 Å². The predicted octanol–water partition coefficient (Wildman–Crippen LogP) is -1.22. The van der Waals surface area contributed by atoms with E-state index in [1.54, 1.807) is 0 Å². The largest absolute Gasteiger partial charge is 0.480 e. The van der Waals surface area contributed by atoms with Gasteiger partial charge in [-0.3, -0.25) is 4.79 Å². The molecular formula is C6H10N3O5P. The minimum Gasteiger partial charge on any atom is -0.480 e. The summed E-state index contributed by atoms with van der Waals surface area (Å²) in [7, 11) is -4.49. The highest BCUT2D eigenvalue weighted by molar-refractivity contribution is 7.50. The normalized spacial score (nSPS) is 13.8. The number of hydrogen-bond acceptors (Lipinski definition) is 4. The van der Waals surface area contributed by atoms with Crippen LogP contribution in [0, 0.1) is 0 Å². The molecule has 0 saturated carbocycles. The van der Waals surface area contributed by atoms with Gasteiger partial charge in [-0.25, -0.2) is 13.9 Å². The van der Waals surface area contributed by atoms with Gasteiger partial charge in [0.05, 0.1) is 5.69 Å². The van der Waals surface area contributed by atoms with Gasteiger partial charge in [0, 0.05) is 12.6 Å². The first-order valence-electron chi connectivity index (χ1n) is 3.88. The Bertz CT molecular complexity index is 411. The lowest BCUT2D eigenvalue weighted by molar-refractivity contribution is -0.138. The fourth-order valence-corrected chi connectivity index (χ4v) is 1.67. The predicted molar refractivity (Wildman–Crippen MR) is 49.0 cm³/mol. The molecule has 0 aromatic carbocycles. The van der Waals surface area contributed by atoms with E-state index >= 15 is 0 Å². The van der Waals surface area contributed by atoms with Crippen molar-refractivity contribution in [3.63, 3.8) is 0 Å². The number of aliphatic carboxylic acids is 1. The highest BCUT2D eigenvalue weighted by Crippen LogP contribution is 2.37. The van der Waals surface area contributed by atoms with E-state index in [-0.39, 0.29) is 12.1 Å². The summed E-state index contributed by atoms with van der Waals surface area (Å²) < 4.78 is 11.5. The van der Waals surface area contributed by atoms with E-state index in [9.17, 15) is 9.36 Å². The number of hydrogen-bond donors (Lipinski definition) is 4. The molecule has 0 fully saturated rings. The molecule has 9 heteroatoms. The van der Waals surface area contributed by atoms with E-state index in [2.05, 4.69) is 4.98 Å². The maximum Gasteiger partial charge on any atom is 0.435 e. The number of aromatic nitrogens is 2. The Kier molecular flexibility index (Phi) is 3.25. The monoisotopic (exact) mass is 235 g/mol. The van der Waals surface area contributed by atoms with Crippen LogP contribution in [0.5, 0.6) is 0 Å². The summed E-state index contributed by atoms with van der Waals surface area (Å²) in [6.45, 7) is 0. The fraction of sp³-hybridized carbons (Fsp3) is 0.333. The molecule has 5 N–H and O–H groups in total. The van der Waals surface area contributed by atoms with Crippen molar-refractivity contribution >= 4 is 13.7 Å². The van der Waals surface area contributed by atoms with Crippen molar-refractivity contribution < 1.29 is 24.3 Å². The van der Waals surface area contributed by atoms with Crippen molar-refractivity contribution in [2.75, 3.05) is 0 Å². The summed E-state index contributed by atoms with van der Waals surface area (Å²) in [4.78, 5) is 31.7. The summed E-state index contributed by atoms with van der Waals surface area (Å²) in [5.41, 5.74) is 5.31. The average molecular weight is 235 g/mol. The number of carbonyl (C=O) groups is 1. The lowest BCUT2D eigenvalue weighted by atomic mass is 10.2. The molecule has 0 aliphatic rings. The summed E-state index contributed by atoms with van der Waals surface area (Å²) in [6, 6.07) is -1.22. The summed E-state index contributed by atoms with van der Waals surface area (Å²) >= 11 is 0. The van der Waals surface area contributed by atoms with Crippen LogP contribution in [0.4, 0.5) is 0 Å². The third-order valence-electron chi connectivity index (χ3n) is 1.72. The van der Waals surface area contributed by atoms with Crippen molar-refractivity contribution in [1.82, 2.24) is 9.32 Å². The number of nitrogens with zero attached hydrogens (tertiary/aromatic N) is 2. The topological polar surface area (TPSA) is 139 Å². The Labute approximate surface area is 84.6 Å². The molecule has 0 amide bonds. The Morgan fingerprint density at radius 3 is 2.73 bits per heavy atom. The summed E-state index contributed by atoms with van der Waals surface area (Å²) in [5.74, 6) is -1.24. The van der Waals surface area contributed by atoms with Crippen LogP contribution in [-0.2, 0) is 15.8 Å². The maximum atomic E-state index is 10.9. The van der Waals surface area contributed by atoms with Gasteiger partial charge in [0.15, 0.2) is 0 Å². The number of nitrogens with two attached hydrogens (primary N) is 1. The minimum atomic E-state index is -4.49. The first-order chi connectivity index (χ1) is 6.82. The van der Waals surface area contributed by atoms with Crippen molar-refractivity contribution in [3.8, 4) is 0 Å². The highest BCUT2D eigenvalue weighted by atomic mass is 31.2. The second kappa shape index (κ2) is 4.11. The minimum absolute atomic E-state index is 0.0817. The average Bonchev–Trinajstić information content (AvgIpc) is 2.50. The van der Waals surface area contributed by atoms with Gasteiger partial charge < -0.3 is 20.6 Å². The first-order valence-corrected chi connectivity index (χ1v) is 5.45. The second-order valence-electron chi connectivity index (χ2n) is 2.89. The van der Waals surface area contributed by atoms with Crippen molar-refractivity contribution in [2.24, 2.45) is 5.73 Å². The van der Waals surface area contributed by atoms with E-state index in [4.69, 9.17) is 20.6 Å². The number of rotatable bonds is 4. The molecule has 1 atom stereocenters. The van der Waals surface area contributed by atoms with Crippen molar-refractivity contribution in [1.29, 1.82) is 0 Å². The van der Waals surface area contributed by atoms with Crippen LogP contribution in [-0.4, -0.2) is 36.2 Å². The van der Waals surface area contributed by atoms with Gasteiger partial charge in [0.2, 0.25) is 0 Å². The smallest absolute Gasteiger partial charge is 0.435 e. The zero-order valence-electron chi connectivity index (χ0n) is 7.52. The van der Waals surface area contributed by atoms with Gasteiger partial charge in [0.25, 0.3) is 0 Å². The molecule has 1 aromatic rings. The Morgan fingerprint density at radius 1 is 1.67 bits per heavy atom. The Balaban J connectivity index is 2.92. The van der Waals surface area contributed by atoms with Gasteiger partial charge in [-0.05, 0) is 0 Å². The zero-order valence-corrected chi connectivity index (χ0v) is 8.41. The standard InChI is InChI=1S/C6H10N3O5P/c7-5(6(10)11)1-4-2-8-3-9(4)15(12,13)14/h2-3,5H,1,7H2,(H,10,11)(H2,12,13,14)/t5-/m0/s1. The quantitative estimate of drug-likeness (QED) is 0.479. The molecule has 0 aliphatic carbocycles. The molecule has 1 aromatic heterocycles. The summed E-state index contributed by atoms with van der Waals surface area (Å²) in [5, 5.41) is 8.53. The van der Waals surface area contributed by atoms with Gasteiger partial charge in [-0.15, -0.1) is 0 Å². The van der Waals surface area contributed by atoms with E-state index in [0.29, 0.717) is 4.34 Å². The fourth-order valence-electron chi connectivity index (χ4n) is 1.01. The number of carboxylic acid groups (broad SMARTS) is 1. The van der Waals surface area contributed by atoms with E-state index in [0.717, 1.165) is 6.33 Å². The molecule has 0 unspecified atom stereocenters. The molecule has 0 aliphatic heterocycles. The lowest BCUT2D eigenvalue weighted by Gasteiger charge is -2.10. The van der Waals surface area contributed by atoms with Crippen LogP contribution in [0.15, 0.2) is 12.5 Å². The first kappa shape index (κ1) is 11.9. The lowest BCUT2D eigenvalue weighted by Crippen LogP contribution is -2.32. The molecule has 0 bridgehead atoms. The third kappa shape index (κ3) is 2.87. The Hall–Kier alpha value is -1.21. The van der Waals surface area contributed by atoms with Crippen LogP contribution in [0.3, 0.4) is 0 Å². The molecule has 0 radical (unpaired) electrons. The van der Waals surface area contributed by atoms with Gasteiger partial charge in [-0.2, -0.15) is 0 Å². The highest BCUT2D eigenvalue weighted by Gasteiger charge is 2.22. The van der Waals surface area contributed by atoms with Gasteiger partial charge in [0.1, 0.15) is 12.4 Å². The molecule has 1 heterocycles. The molecule has 8 nitrogen and oxygen atoms in total. The second-order valence-corrected chi connectivity index (χ2v) is 4.35. The van der Waals surface area contributed by atoms with E-state index < -0.39 is 19.8 Å². The van der Waals surface area contributed by atoms with E-state index in [1.807, 2.05) is 0 Å². The van der Waals surface area contributed by atoms with Crippen LogP contribution < -0.4 is 5.73 Å². The molecular weight excluding hydrogens is 225 g/mol. The van der Waals surface area contributed by atoms with Crippen molar-refractivity contribution in [3.05, 3.63) is 18.2 Å². The molecule has 0 spiro atoms. The van der Waals surface area contributed by atoms with Crippen molar-refractivity contribution in [2.45, 2.75) is 12.5 Å². The van der Waals surface area contributed by atoms with Crippen LogP contribution in [0.2, 0.25) is 0 Å². The number of carboxylic acids is 1. The third-order valence-corrected chi connectivity index (χ3v) is 2.64. The molecule has 0 saturated heterocycles. The number of imidazole rings is 1. The van der Waals surface area contributed by atoms with Crippen LogP contribution in [0.1, 0.15) is 5.69 Å². The molecule has 15 heavy (non-hydrogen) atoms. The molecule has 84 valence electrons. The van der Waals surface area contributed by atoms with Crippen LogP contribution in [0.25, 0.3) is 0 Å². The molecule has 1 rings (SSSR count). The Morgan fingerprint density at radius 2 is 2.27 bits per heavy atom. The van der Waals surface area contributed by atoms with Crippen LogP contribution >= 0.6 is 7.75 Å². The maximum absolute atomic E-state index is 10.9. The van der Waals surface area contributed by atoms with Gasteiger partial charge in [-0.1, -0.05) is 0 Å². The SMILES string of the molecule is N[C@@H](Cc1cncn1P(=O)(O)O)C(=O)O. The van der Waals surface area contributed by atoms with E-state index in [1.165, 1.54) is 6.20 Å². The summed E-state index contributed by atoms with van der Waals surface area (Å²) in [6.07, 6.45) is 1.91. The zero-order chi connectivity index (χ0) is 11.6.